The van der Waals surface area contributed by atoms with Crippen LogP contribution in [0, 0.1) is 0 Å². The fourth-order valence-corrected chi connectivity index (χ4v) is 2.82. The number of fused-ring (bicyclic) bond motifs is 1. The molecular weight excluding hydrogens is 310 g/mol. The number of nitrogens with zero attached hydrogens (tertiary/aromatic N) is 2. The van der Waals surface area contributed by atoms with Gasteiger partial charge in [-0.3, -0.25) is 15.1 Å². The van der Waals surface area contributed by atoms with Gasteiger partial charge in [0.2, 0.25) is 0 Å². The molecule has 0 aliphatic carbocycles. The van der Waals surface area contributed by atoms with Gasteiger partial charge in [0.25, 0.3) is 5.91 Å². The van der Waals surface area contributed by atoms with Gasteiger partial charge in [0.05, 0.1) is 17.3 Å². The van der Waals surface area contributed by atoms with Crippen molar-refractivity contribution in [2.24, 2.45) is 0 Å². The first-order valence-electron chi connectivity index (χ1n) is 6.03. The zero-order valence-electron chi connectivity index (χ0n) is 11.0. The van der Waals surface area contributed by atoms with Crippen LogP contribution >= 0.6 is 22.9 Å². The quantitative estimate of drug-likeness (QED) is 0.801. The first-order valence-corrected chi connectivity index (χ1v) is 7.22. The van der Waals surface area contributed by atoms with Crippen LogP contribution in [0.15, 0.2) is 36.5 Å². The minimum atomic E-state index is -0.344. The van der Waals surface area contributed by atoms with E-state index in [0.717, 1.165) is 16.0 Å². The van der Waals surface area contributed by atoms with Crippen molar-refractivity contribution in [3.05, 3.63) is 47.2 Å². The molecule has 7 heteroatoms. The van der Waals surface area contributed by atoms with Crippen LogP contribution in [0.4, 0.5) is 5.13 Å². The van der Waals surface area contributed by atoms with E-state index in [4.69, 9.17) is 16.3 Å². The number of nitrogens with one attached hydrogen (secondary N) is 1. The SMILES string of the molecule is COc1ccc2nc(NC(=O)c3cc(Cl)ccn3)sc2c1. The Bertz CT molecular complexity index is 819. The fraction of sp³-hybridized carbons (Fsp3) is 0.0714. The molecular formula is C14H10ClN3O2S. The summed E-state index contributed by atoms with van der Waals surface area (Å²) in [7, 11) is 1.61. The molecule has 0 saturated heterocycles. The number of anilines is 1. The smallest absolute Gasteiger partial charge is 0.276 e. The summed E-state index contributed by atoms with van der Waals surface area (Å²) in [6, 6.07) is 8.67. The number of pyridine rings is 1. The van der Waals surface area contributed by atoms with Gasteiger partial charge in [-0.25, -0.2) is 4.98 Å². The number of halogens is 1. The lowest BCUT2D eigenvalue weighted by molar-refractivity contribution is 0.102. The Morgan fingerprint density at radius 1 is 1.33 bits per heavy atom. The van der Waals surface area contributed by atoms with Crippen LogP contribution in [0.1, 0.15) is 10.5 Å². The van der Waals surface area contributed by atoms with Crippen molar-refractivity contribution in [1.29, 1.82) is 0 Å². The highest BCUT2D eigenvalue weighted by atomic mass is 35.5. The minimum Gasteiger partial charge on any atom is -0.497 e. The monoisotopic (exact) mass is 319 g/mol. The summed E-state index contributed by atoms with van der Waals surface area (Å²) in [5.41, 5.74) is 1.05. The van der Waals surface area contributed by atoms with Gasteiger partial charge >= 0.3 is 0 Å². The zero-order chi connectivity index (χ0) is 14.8. The molecule has 0 atom stereocenters. The van der Waals surface area contributed by atoms with E-state index in [0.29, 0.717) is 10.2 Å². The molecule has 2 heterocycles. The van der Waals surface area contributed by atoms with E-state index in [1.54, 1.807) is 13.2 Å². The number of carbonyl (C=O) groups is 1. The van der Waals surface area contributed by atoms with Gasteiger partial charge in [-0.1, -0.05) is 22.9 Å². The number of hydrogen-bond donors (Lipinski definition) is 1. The van der Waals surface area contributed by atoms with Gasteiger partial charge < -0.3 is 4.74 Å². The summed E-state index contributed by atoms with van der Waals surface area (Å²) in [6.45, 7) is 0. The lowest BCUT2D eigenvalue weighted by Gasteiger charge is -2.00. The van der Waals surface area contributed by atoms with Gasteiger partial charge in [-0.2, -0.15) is 0 Å². The average molecular weight is 320 g/mol. The van der Waals surface area contributed by atoms with Crippen LogP contribution in [0.5, 0.6) is 5.75 Å². The second kappa shape index (κ2) is 5.67. The molecule has 0 fully saturated rings. The molecule has 106 valence electrons. The molecule has 0 spiro atoms. The van der Waals surface area contributed by atoms with Crippen molar-refractivity contribution in [2.45, 2.75) is 0 Å². The third-order valence-corrected chi connectivity index (χ3v) is 3.94. The fourth-order valence-electron chi connectivity index (χ4n) is 1.78. The van der Waals surface area contributed by atoms with Crippen LogP contribution in [0.25, 0.3) is 10.2 Å². The molecule has 21 heavy (non-hydrogen) atoms. The minimum absolute atomic E-state index is 0.249. The average Bonchev–Trinajstić information content (AvgIpc) is 2.88. The number of rotatable bonds is 3. The summed E-state index contributed by atoms with van der Waals surface area (Å²) in [4.78, 5) is 20.4. The van der Waals surface area contributed by atoms with Gasteiger partial charge in [0.1, 0.15) is 11.4 Å². The topological polar surface area (TPSA) is 64.1 Å². The highest BCUT2D eigenvalue weighted by molar-refractivity contribution is 7.22. The summed E-state index contributed by atoms with van der Waals surface area (Å²) in [5.74, 6) is 0.407. The maximum atomic E-state index is 12.1. The van der Waals surface area contributed by atoms with Crippen molar-refractivity contribution in [1.82, 2.24) is 9.97 Å². The second-order valence-corrected chi connectivity index (χ2v) is 5.63. The summed E-state index contributed by atoms with van der Waals surface area (Å²) < 4.78 is 6.10. The van der Waals surface area contributed by atoms with E-state index >= 15 is 0 Å². The number of hydrogen-bond acceptors (Lipinski definition) is 5. The molecule has 5 nitrogen and oxygen atoms in total. The molecule has 2 aromatic heterocycles. The summed E-state index contributed by atoms with van der Waals surface area (Å²) in [5, 5.41) is 3.69. The molecule has 3 aromatic rings. The molecule has 0 radical (unpaired) electrons. The Kier molecular flexibility index (Phi) is 3.72. The van der Waals surface area contributed by atoms with Crippen molar-refractivity contribution < 1.29 is 9.53 Å². The number of amides is 1. The molecule has 1 N–H and O–H groups in total. The van der Waals surface area contributed by atoms with Crippen LogP contribution in [0.2, 0.25) is 5.02 Å². The zero-order valence-corrected chi connectivity index (χ0v) is 12.5. The van der Waals surface area contributed by atoms with Crippen molar-refractivity contribution in [2.75, 3.05) is 12.4 Å². The molecule has 3 rings (SSSR count). The highest BCUT2D eigenvalue weighted by Crippen LogP contribution is 2.29. The summed E-state index contributed by atoms with van der Waals surface area (Å²) >= 11 is 7.21. The van der Waals surface area contributed by atoms with Gasteiger partial charge in [-0.15, -0.1) is 0 Å². The highest BCUT2D eigenvalue weighted by Gasteiger charge is 2.11. The predicted octanol–water partition coefficient (Wildman–Crippen LogP) is 3.61. The van der Waals surface area contributed by atoms with Gasteiger partial charge in [-0.05, 0) is 30.3 Å². The number of carbonyl (C=O) groups excluding carboxylic acids is 1. The first-order chi connectivity index (χ1) is 10.2. The Morgan fingerprint density at radius 3 is 2.95 bits per heavy atom. The Hall–Kier alpha value is -2.18. The molecule has 0 unspecified atom stereocenters. The van der Waals surface area contributed by atoms with E-state index in [9.17, 15) is 4.79 Å². The standard InChI is InChI=1S/C14H10ClN3O2S/c1-20-9-2-3-10-12(7-9)21-14(17-10)18-13(19)11-6-8(15)4-5-16-11/h2-7H,1H3,(H,17,18,19). The Balaban J connectivity index is 1.86. The molecule has 0 aliphatic rings. The second-order valence-electron chi connectivity index (χ2n) is 4.17. The van der Waals surface area contributed by atoms with Crippen molar-refractivity contribution in [3.63, 3.8) is 0 Å². The normalized spacial score (nSPS) is 10.6. The van der Waals surface area contributed by atoms with E-state index in [-0.39, 0.29) is 11.6 Å². The van der Waals surface area contributed by atoms with Gasteiger partial charge in [0, 0.05) is 11.2 Å². The molecule has 1 amide bonds. The van der Waals surface area contributed by atoms with Crippen LogP contribution < -0.4 is 10.1 Å². The van der Waals surface area contributed by atoms with E-state index in [1.165, 1.54) is 23.6 Å². The summed E-state index contributed by atoms with van der Waals surface area (Å²) in [6.07, 6.45) is 1.49. The largest absolute Gasteiger partial charge is 0.497 e. The number of methoxy groups -OCH3 is 1. The molecule has 0 bridgehead atoms. The third kappa shape index (κ3) is 2.96. The van der Waals surface area contributed by atoms with Crippen LogP contribution in [0.3, 0.4) is 0 Å². The third-order valence-electron chi connectivity index (χ3n) is 2.77. The number of aromatic nitrogens is 2. The Morgan fingerprint density at radius 2 is 2.19 bits per heavy atom. The lowest BCUT2D eigenvalue weighted by atomic mass is 10.3. The first kappa shape index (κ1) is 13.8. The molecule has 0 saturated carbocycles. The van der Waals surface area contributed by atoms with Crippen LogP contribution in [-0.2, 0) is 0 Å². The lowest BCUT2D eigenvalue weighted by Crippen LogP contribution is -2.13. The molecule has 1 aromatic carbocycles. The van der Waals surface area contributed by atoms with Crippen molar-refractivity contribution >= 4 is 44.2 Å². The predicted molar refractivity (Wildman–Crippen MR) is 83.4 cm³/mol. The van der Waals surface area contributed by atoms with Crippen LogP contribution in [-0.4, -0.2) is 23.0 Å². The van der Waals surface area contributed by atoms with Gasteiger partial charge in [0.15, 0.2) is 5.13 Å². The maximum Gasteiger partial charge on any atom is 0.276 e. The van der Waals surface area contributed by atoms with E-state index < -0.39 is 0 Å². The molecule has 0 aliphatic heterocycles. The van der Waals surface area contributed by atoms with E-state index in [2.05, 4.69) is 15.3 Å². The number of ether oxygens (including phenoxy) is 1. The van der Waals surface area contributed by atoms with E-state index in [1.807, 2.05) is 18.2 Å². The number of thiazole rings is 1. The maximum absolute atomic E-state index is 12.1. The van der Waals surface area contributed by atoms with Crippen molar-refractivity contribution in [3.8, 4) is 5.75 Å². The Labute approximate surface area is 129 Å². The number of benzene rings is 1.